The maximum atomic E-state index is 13.2. The van der Waals surface area contributed by atoms with Gasteiger partial charge in [-0.1, -0.05) is 33.6 Å². The van der Waals surface area contributed by atoms with E-state index in [1.807, 2.05) is 0 Å². The van der Waals surface area contributed by atoms with Crippen molar-refractivity contribution in [2.75, 3.05) is 13.1 Å². The number of pyridine rings is 1. The molecule has 3 rings (SSSR count). The molecule has 0 radical (unpaired) electrons. The lowest BCUT2D eigenvalue weighted by Crippen LogP contribution is -2.42. The second-order valence-corrected chi connectivity index (χ2v) is 10.0. The number of nitrogens with zero attached hydrogens (tertiary/aromatic N) is 2. The lowest BCUT2D eigenvalue weighted by Gasteiger charge is -2.29. The highest BCUT2D eigenvalue weighted by atomic mass is 32.2. The number of amides is 1. The van der Waals surface area contributed by atoms with Gasteiger partial charge < -0.3 is 9.88 Å². The first-order chi connectivity index (χ1) is 14.2. The van der Waals surface area contributed by atoms with E-state index in [2.05, 4.69) is 12.2 Å². The van der Waals surface area contributed by atoms with Crippen molar-refractivity contribution < 1.29 is 13.2 Å². The SMILES string of the molecule is CCN(CC)S(=O)(=O)c1ccc2c(c1)c(=O)c(C(=O)N[C@H]1CCCC[C@@H]1C)cn2C. The lowest BCUT2D eigenvalue weighted by molar-refractivity contribution is 0.0908. The molecule has 1 fully saturated rings. The maximum absolute atomic E-state index is 13.2. The van der Waals surface area contributed by atoms with E-state index in [0.717, 1.165) is 25.7 Å². The Balaban J connectivity index is 2.04. The van der Waals surface area contributed by atoms with Gasteiger partial charge in [-0.25, -0.2) is 8.42 Å². The second-order valence-electron chi connectivity index (χ2n) is 8.09. The third-order valence-corrected chi connectivity index (χ3v) is 8.22. The van der Waals surface area contributed by atoms with Gasteiger partial charge in [0.2, 0.25) is 15.5 Å². The summed E-state index contributed by atoms with van der Waals surface area (Å²) in [6.07, 6.45) is 5.74. The molecule has 0 unspecified atom stereocenters. The van der Waals surface area contributed by atoms with Crippen molar-refractivity contribution in [2.24, 2.45) is 13.0 Å². The van der Waals surface area contributed by atoms with Crippen LogP contribution in [0.15, 0.2) is 34.1 Å². The molecule has 1 heterocycles. The van der Waals surface area contributed by atoms with E-state index in [1.54, 1.807) is 31.5 Å². The van der Waals surface area contributed by atoms with Gasteiger partial charge >= 0.3 is 0 Å². The fourth-order valence-corrected chi connectivity index (χ4v) is 5.77. The quantitative estimate of drug-likeness (QED) is 0.759. The smallest absolute Gasteiger partial charge is 0.256 e. The van der Waals surface area contributed by atoms with Crippen LogP contribution >= 0.6 is 0 Å². The van der Waals surface area contributed by atoms with Gasteiger partial charge in [-0.15, -0.1) is 0 Å². The largest absolute Gasteiger partial charge is 0.350 e. The van der Waals surface area contributed by atoms with Crippen LogP contribution in [0.4, 0.5) is 0 Å². The average Bonchev–Trinajstić information content (AvgIpc) is 2.72. The van der Waals surface area contributed by atoms with Gasteiger partial charge in [0.25, 0.3) is 5.91 Å². The van der Waals surface area contributed by atoms with Crippen LogP contribution < -0.4 is 10.7 Å². The Bertz CT molecular complexity index is 1100. The van der Waals surface area contributed by atoms with Crippen LogP contribution in [0, 0.1) is 5.92 Å². The van der Waals surface area contributed by atoms with Gasteiger partial charge in [0, 0.05) is 37.8 Å². The predicted molar refractivity (Wildman–Crippen MR) is 118 cm³/mol. The number of hydrogen-bond donors (Lipinski definition) is 1. The molecule has 1 aliphatic carbocycles. The van der Waals surface area contributed by atoms with Gasteiger partial charge in [-0.3, -0.25) is 9.59 Å². The Morgan fingerprint density at radius 3 is 2.50 bits per heavy atom. The van der Waals surface area contributed by atoms with Crippen LogP contribution in [0.5, 0.6) is 0 Å². The monoisotopic (exact) mass is 433 g/mol. The van der Waals surface area contributed by atoms with Crippen molar-refractivity contribution in [3.05, 3.63) is 40.2 Å². The molecule has 164 valence electrons. The zero-order chi connectivity index (χ0) is 22.1. The number of carbonyl (C=O) groups is 1. The molecule has 8 heteroatoms. The van der Waals surface area contributed by atoms with Crippen LogP contribution in [0.25, 0.3) is 10.9 Å². The van der Waals surface area contributed by atoms with Crippen molar-refractivity contribution in [2.45, 2.75) is 57.4 Å². The Labute approximate surface area is 178 Å². The standard InChI is InChI=1S/C22H31N3O4S/c1-5-25(6-2)30(28,29)16-11-12-20-17(13-16)21(26)18(14-24(20)4)22(27)23-19-10-8-7-9-15(19)3/h11-15,19H,5-10H2,1-4H3,(H,23,27)/t15-,19-/m0/s1. The molecule has 0 bridgehead atoms. The number of sulfonamides is 1. The van der Waals surface area contributed by atoms with Crippen molar-refractivity contribution in [3.63, 3.8) is 0 Å². The molecule has 2 atom stereocenters. The summed E-state index contributed by atoms with van der Waals surface area (Å²) < 4.78 is 28.8. The summed E-state index contributed by atoms with van der Waals surface area (Å²) in [7, 11) is -1.95. The summed E-state index contributed by atoms with van der Waals surface area (Å²) in [4.78, 5) is 26.1. The molecule has 1 aliphatic rings. The number of benzene rings is 1. The lowest BCUT2D eigenvalue weighted by atomic mass is 9.86. The summed E-state index contributed by atoms with van der Waals surface area (Å²) in [5.41, 5.74) is 0.182. The average molecular weight is 434 g/mol. The van der Waals surface area contributed by atoms with Gasteiger partial charge in [0.1, 0.15) is 5.56 Å². The van der Waals surface area contributed by atoms with Crippen molar-refractivity contribution >= 4 is 26.8 Å². The van der Waals surface area contributed by atoms with Crippen LogP contribution in [-0.2, 0) is 17.1 Å². The van der Waals surface area contributed by atoms with Gasteiger partial charge in [0.05, 0.1) is 10.4 Å². The van der Waals surface area contributed by atoms with Crippen molar-refractivity contribution in [3.8, 4) is 0 Å². The number of rotatable bonds is 6. The second kappa shape index (κ2) is 8.89. The summed E-state index contributed by atoms with van der Waals surface area (Å²) in [6, 6.07) is 4.59. The molecule has 0 spiro atoms. The van der Waals surface area contributed by atoms with E-state index in [-0.39, 0.29) is 21.9 Å². The van der Waals surface area contributed by atoms with E-state index < -0.39 is 21.4 Å². The van der Waals surface area contributed by atoms with Crippen molar-refractivity contribution in [1.82, 2.24) is 14.2 Å². The normalized spacial score (nSPS) is 19.9. The Hall–Kier alpha value is -2.19. The van der Waals surface area contributed by atoms with Crippen LogP contribution in [0.1, 0.15) is 56.8 Å². The number of nitrogens with one attached hydrogen (secondary N) is 1. The number of aromatic nitrogens is 1. The molecular weight excluding hydrogens is 402 g/mol. The van der Waals surface area contributed by atoms with Gasteiger partial charge in [0.15, 0.2) is 0 Å². The minimum atomic E-state index is -3.70. The zero-order valence-electron chi connectivity index (χ0n) is 18.1. The topological polar surface area (TPSA) is 88.5 Å². The number of carbonyl (C=O) groups excluding carboxylic acids is 1. The Morgan fingerprint density at radius 2 is 1.87 bits per heavy atom. The van der Waals surface area contributed by atoms with E-state index in [4.69, 9.17) is 0 Å². The molecule has 0 saturated heterocycles. The molecule has 1 aromatic carbocycles. The predicted octanol–water partition coefficient (Wildman–Crippen LogP) is 2.88. The highest BCUT2D eigenvalue weighted by Gasteiger charge is 2.26. The first-order valence-electron chi connectivity index (χ1n) is 10.6. The van der Waals surface area contributed by atoms with E-state index in [9.17, 15) is 18.0 Å². The Morgan fingerprint density at radius 1 is 1.20 bits per heavy atom. The summed E-state index contributed by atoms with van der Waals surface area (Å²) in [5, 5.41) is 3.25. The molecule has 1 N–H and O–H groups in total. The van der Waals surface area contributed by atoms with Gasteiger partial charge in [-0.2, -0.15) is 4.31 Å². The van der Waals surface area contributed by atoms with E-state index >= 15 is 0 Å². The first-order valence-corrected chi connectivity index (χ1v) is 12.1. The highest BCUT2D eigenvalue weighted by molar-refractivity contribution is 7.89. The molecule has 0 aliphatic heterocycles. The molecule has 1 saturated carbocycles. The summed E-state index contributed by atoms with van der Waals surface area (Å²) in [5.74, 6) is -0.0222. The number of fused-ring (bicyclic) bond motifs is 1. The fourth-order valence-electron chi connectivity index (χ4n) is 4.28. The molecule has 7 nitrogen and oxygen atoms in total. The van der Waals surface area contributed by atoms with Crippen LogP contribution in [-0.4, -0.2) is 42.3 Å². The minimum absolute atomic E-state index is 0.0418. The number of hydrogen-bond acceptors (Lipinski definition) is 4. The summed E-state index contributed by atoms with van der Waals surface area (Å²) in [6.45, 7) is 6.35. The molecule has 30 heavy (non-hydrogen) atoms. The molecular formula is C22H31N3O4S. The van der Waals surface area contributed by atoms with Crippen LogP contribution in [0.2, 0.25) is 0 Å². The Kier molecular flexibility index (Phi) is 6.67. The third-order valence-electron chi connectivity index (χ3n) is 6.18. The van der Waals surface area contributed by atoms with E-state index in [1.165, 1.54) is 22.6 Å². The minimum Gasteiger partial charge on any atom is -0.350 e. The fraction of sp³-hybridized carbons (Fsp3) is 0.545. The molecule has 2 aromatic rings. The molecule has 1 aromatic heterocycles. The first kappa shape index (κ1) is 22.5. The van der Waals surface area contributed by atoms with Crippen molar-refractivity contribution in [1.29, 1.82) is 0 Å². The highest BCUT2D eigenvalue weighted by Crippen LogP contribution is 2.24. The van der Waals surface area contributed by atoms with Crippen LogP contribution in [0.3, 0.4) is 0 Å². The zero-order valence-corrected chi connectivity index (χ0v) is 19.0. The third kappa shape index (κ3) is 4.16. The maximum Gasteiger partial charge on any atom is 0.256 e. The van der Waals surface area contributed by atoms with E-state index in [0.29, 0.717) is 24.5 Å². The summed E-state index contributed by atoms with van der Waals surface area (Å²) >= 11 is 0. The number of aryl methyl sites for hydroxylation is 1. The van der Waals surface area contributed by atoms with Gasteiger partial charge in [-0.05, 0) is 37.0 Å². The molecule has 1 amide bonds.